The molecule has 0 atom stereocenters. The zero-order valence-corrected chi connectivity index (χ0v) is 11.0. The maximum Gasteiger partial charge on any atom is 0.159 e. The lowest BCUT2D eigenvalue weighted by Crippen LogP contribution is -2.04. The predicted octanol–water partition coefficient (Wildman–Crippen LogP) is 3.07. The van der Waals surface area contributed by atoms with Crippen LogP contribution in [0.2, 0.25) is 0 Å². The first-order valence-corrected chi connectivity index (χ1v) is 6.16. The smallest absolute Gasteiger partial charge is 0.159 e. The highest BCUT2D eigenvalue weighted by molar-refractivity contribution is 5.59. The summed E-state index contributed by atoms with van der Waals surface area (Å²) in [5.41, 5.74) is 3.93. The summed E-state index contributed by atoms with van der Waals surface area (Å²) in [6, 6.07) is 8.06. The van der Waals surface area contributed by atoms with Gasteiger partial charge in [-0.15, -0.1) is 0 Å². The second-order valence-corrected chi connectivity index (χ2v) is 4.73. The first-order valence-electron chi connectivity index (χ1n) is 6.16. The minimum Gasteiger partial charge on any atom is -0.392 e. The molecule has 0 aliphatic carbocycles. The summed E-state index contributed by atoms with van der Waals surface area (Å²) in [5, 5.41) is 9.30. The van der Waals surface area contributed by atoms with Gasteiger partial charge in [-0.25, -0.2) is 9.97 Å². The Kier molecular flexibility index (Phi) is 3.72. The largest absolute Gasteiger partial charge is 0.392 e. The van der Waals surface area contributed by atoms with Gasteiger partial charge in [0, 0.05) is 17.3 Å². The summed E-state index contributed by atoms with van der Waals surface area (Å²) in [7, 11) is 0. The Morgan fingerprint density at radius 2 is 1.94 bits per heavy atom. The molecule has 0 bridgehead atoms. The van der Waals surface area contributed by atoms with E-state index in [2.05, 4.69) is 23.8 Å². The quantitative estimate of drug-likeness (QED) is 0.899. The first-order chi connectivity index (χ1) is 8.63. The number of aryl methyl sites for hydroxylation is 1. The van der Waals surface area contributed by atoms with Crippen molar-refractivity contribution in [3.63, 3.8) is 0 Å². The molecule has 1 N–H and O–H groups in total. The van der Waals surface area contributed by atoms with Crippen molar-refractivity contribution in [2.24, 2.45) is 0 Å². The van der Waals surface area contributed by atoms with Crippen molar-refractivity contribution >= 4 is 0 Å². The molecule has 1 aromatic heterocycles. The van der Waals surface area contributed by atoms with Gasteiger partial charge in [-0.05, 0) is 18.4 Å². The van der Waals surface area contributed by atoms with Crippen molar-refractivity contribution in [3.05, 3.63) is 47.3 Å². The van der Waals surface area contributed by atoms with E-state index in [1.165, 1.54) is 0 Å². The number of rotatable bonds is 3. The average molecular weight is 242 g/mol. The Labute approximate surface area is 108 Å². The van der Waals surface area contributed by atoms with Crippen molar-refractivity contribution in [2.75, 3.05) is 0 Å². The molecule has 1 heterocycles. The van der Waals surface area contributed by atoms with Gasteiger partial charge in [-0.2, -0.15) is 0 Å². The van der Waals surface area contributed by atoms with Crippen LogP contribution in [0.25, 0.3) is 11.4 Å². The molecule has 94 valence electrons. The number of aromatic nitrogens is 2. The van der Waals surface area contributed by atoms with Crippen LogP contribution < -0.4 is 0 Å². The fourth-order valence-electron chi connectivity index (χ4n) is 2.00. The van der Waals surface area contributed by atoms with Crippen LogP contribution in [0.5, 0.6) is 0 Å². The Bertz CT molecular complexity index is 550. The molecule has 0 amide bonds. The Balaban J connectivity index is 2.54. The van der Waals surface area contributed by atoms with Crippen molar-refractivity contribution < 1.29 is 5.11 Å². The van der Waals surface area contributed by atoms with Gasteiger partial charge in [0.25, 0.3) is 0 Å². The van der Waals surface area contributed by atoms with Gasteiger partial charge in [-0.1, -0.05) is 38.1 Å². The second-order valence-electron chi connectivity index (χ2n) is 4.73. The van der Waals surface area contributed by atoms with Gasteiger partial charge in [-0.3, -0.25) is 0 Å². The molecule has 0 unspecified atom stereocenters. The molecular weight excluding hydrogens is 224 g/mol. The van der Waals surface area contributed by atoms with Crippen molar-refractivity contribution in [2.45, 2.75) is 33.3 Å². The van der Waals surface area contributed by atoms with Gasteiger partial charge in [0.05, 0.1) is 12.3 Å². The van der Waals surface area contributed by atoms with Crippen LogP contribution in [-0.4, -0.2) is 15.1 Å². The van der Waals surface area contributed by atoms with Crippen LogP contribution in [0.4, 0.5) is 0 Å². The van der Waals surface area contributed by atoms with Gasteiger partial charge in [0.15, 0.2) is 5.82 Å². The molecule has 0 radical (unpaired) electrons. The summed E-state index contributed by atoms with van der Waals surface area (Å²) in [4.78, 5) is 8.96. The van der Waals surface area contributed by atoms with Crippen LogP contribution in [0.1, 0.15) is 36.6 Å². The van der Waals surface area contributed by atoms with E-state index >= 15 is 0 Å². The number of benzene rings is 1. The molecule has 2 aromatic rings. The molecule has 0 fully saturated rings. The zero-order valence-electron chi connectivity index (χ0n) is 11.0. The highest BCUT2D eigenvalue weighted by Gasteiger charge is 2.12. The van der Waals surface area contributed by atoms with Crippen LogP contribution >= 0.6 is 0 Å². The van der Waals surface area contributed by atoms with E-state index < -0.39 is 0 Å². The van der Waals surface area contributed by atoms with Crippen LogP contribution in [0.3, 0.4) is 0 Å². The molecule has 3 nitrogen and oxygen atoms in total. The van der Waals surface area contributed by atoms with Gasteiger partial charge in [0.2, 0.25) is 0 Å². The average Bonchev–Trinajstić information content (AvgIpc) is 2.38. The summed E-state index contributed by atoms with van der Waals surface area (Å²) in [5.74, 6) is 1.01. The zero-order chi connectivity index (χ0) is 13.1. The summed E-state index contributed by atoms with van der Waals surface area (Å²) in [6.07, 6.45) is 1.73. The van der Waals surface area contributed by atoms with Crippen LogP contribution in [0.15, 0.2) is 30.5 Å². The Morgan fingerprint density at radius 3 is 2.56 bits per heavy atom. The van der Waals surface area contributed by atoms with E-state index in [0.717, 1.165) is 28.2 Å². The molecule has 0 saturated heterocycles. The topological polar surface area (TPSA) is 46.0 Å². The normalized spacial score (nSPS) is 10.9. The van der Waals surface area contributed by atoms with E-state index in [0.29, 0.717) is 0 Å². The molecule has 18 heavy (non-hydrogen) atoms. The van der Waals surface area contributed by atoms with Crippen molar-refractivity contribution in [3.8, 4) is 11.4 Å². The molecule has 0 spiro atoms. The third-order valence-electron chi connectivity index (χ3n) is 3.00. The minimum absolute atomic E-state index is 0.0123. The Morgan fingerprint density at radius 1 is 1.22 bits per heavy atom. The second kappa shape index (κ2) is 5.27. The summed E-state index contributed by atoms with van der Waals surface area (Å²) < 4.78 is 0. The molecule has 1 aromatic carbocycles. The first kappa shape index (κ1) is 12.7. The lowest BCUT2D eigenvalue weighted by atomic mass is 10.0. The van der Waals surface area contributed by atoms with E-state index in [9.17, 15) is 5.11 Å². The van der Waals surface area contributed by atoms with Crippen LogP contribution in [-0.2, 0) is 6.61 Å². The molecule has 3 heteroatoms. The van der Waals surface area contributed by atoms with E-state index in [1.54, 1.807) is 6.20 Å². The highest BCUT2D eigenvalue weighted by Crippen LogP contribution is 2.23. The monoisotopic (exact) mass is 242 g/mol. The molecular formula is C15H18N2O. The van der Waals surface area contributed by atoms with E-state index in [1.807, 2.05) is 31.2 Å². The van der Waals surface area contributed by atoms with Crippen molar-refractivity contribution in [1.29, 1.82) is 0 Å². The Hall–Kier alpha value is -1.74. The lowest BCUT2D eigenvalue weighted by molar-refractivity contribution is 0.279. The molecule has 2 rings (SSSR count). The lowest BCUT2D eigenvalue weighted by Gasteiger charge is -2.12. The van der Waals surface area contributed by atoms with E-state index in [4.69, 9.17) is 0 Å². The number of aliphatic hydroxyl groups is 1. The van der Waals surface area contributed by atoms with Gasteiger partial charge >= 0.3 is 0 Å². The molecule has 0 aliphatic heterocycles. The number of hydrogen-bond acceptors (Lipinski definition) is 3. The number of nitrogens with zero attached hydrogens (tertiary/aromatic N) is 2. The maximum absolute atomic E-state index is 9.30. The predicted molar refractivity (Wildman–Crippen MR) is 72.2 cm³/mol. The summed E-state index contributed by atoms with van der Waals surface area (Å²) in [6.45, 7) is 6.18. The fraction of sp³-hybridized carbons (Fsp3) is 0.333. The third kappa shape index (κ3) is 2.41. The highest BCUT2D eigenvalue weighted by atomic mass is 16.3. The van der Waals surface area contributed by atoms with Crippen molar-refractivity contribution in [1.82, 2.24) is 9.97 Å². The third-order valence-corrected chi connectivity index (χ3v) is 3.00. The fourth-order valence-corrected chi connectivity index (χ4v) is 2.00. The molecule has 0 aliphatic rings. The summed E-state index contributed by atoms with van der Waals surface area (Å²) >= 11 is 0. The van der Waals surface area contributed by atoms with E-state index in [-0.39, 0.29) is 12.5 Å². The van der Waals surface area contributed by atoms with Crippen LogP contribution in [0, 0.1) is 6.92 Å². The minimum atomic E-state index is -0.0123. The standard InChI is InChI=1S/C15H18N2O/c1-10(2)14-12(9-18)8-16-15(17-14)13-7-5-4-6-11(13)3/h4-8,10,18H,9H2,1-3H3. The van der Waals surface area contributed by atoms with Gasteiger partial charge in [0.1, 0.15) is 0 Å². The SMILES string of the molecule is Cc1ccccc1-c1ncc(CO)c(C(C)C)n1. The van der Waals surface area contributed by atoms with Gasteiger partial charge < -0.3 is 5.11 Å². The molecule has 0 saturated carbocycles. The number of hydrogen-bond donors (Lipinski definition) is 1. The maximum atomic E-state index is 9.30. The number of aliphatic hydroxyl groups excluding tert-OH is 1.